The Balaban J connectivity index is 1.65. The molecule has 0 aromatic carbocycles. The van der Waals surface area contributed by atoms with Crippen molar-refractivity contribution in [2.45, 2.75) is 27.2 Å². The van der Waals surface area contributed by atoms with Crippen molar-refractivity contribution in [3.63, 3.8) is 0 Å². The van der Waals surface area contributed by atoms with E-state index in [1.807, 2.05) is 6.92 Å². The minimum Gasteiger partial charge on any atom is -0.465 e. The summed E-state index contributed by atoms with van der Waals surface area (Å²) < 4.78 is 4.82. The molecule has 2 aromatic rings. The number of methoxy groups -OCH3 is 1. The van der Waals surface area contributed by atoms with Crippen molar-refractivity contribution in [3.05, 3.63) is 33.6 Å². The van der Waals surface area contributed by atoms with Gasteiger partial charge in [0.05, 0.1) is 30.6 Å². The molecule has 3 rings (SSSR count). The molecule has 0 radical (unpaired) electrons. The molecule has 27 heavy (non-hydrogen) atoms. The lowest BCUT2D eigenvalue weighted by atomic mass is 10.1. The van der Waals surface area contributed by atoms with Gasteiger partial charge in [0.15, 0.2) is 10.9 Å². The molecular weight excluding hydrogens is 364 g/mol. The highest BCUT2D eigenvalue weighted by Crippen LogP contribution is 2.22. The van der Waals surface area contributed by atoms with Gasteiger partial charge in [0, 0.05) is 37.3 Å². The fourth-order valence-electron chi connectivity index (χ4n) is 3.53. The van der Waals surface area contributed by atoms with Crippen LogP contribution in [0.4, 0.5) is 5.13 Å². The highest BCUT2D eigenvalue weighted by molar-refractivity contribution is 7.13. The van der Waals surface area contributed by atoms with Crippen LogP contribution in [-0.2, 0) is 4.74 Å². The van der Waals surface area contributed by atoms with Gasteiger partial charge in [-0.3, -0.25) is 9.69 Å². The summed E-state index contributed by atoms with van der Waals surface area (Å²) in [6.07, 6.45) is 0.988. The third-order valence-corrected chi connectivity index (χ3v) is 5.96. The second kappa shape index (κ2) is 8.22. The highest BCUT2D eigenvalue weighted by Gasteiger charge is 2.25. The van der Waals surface area contributed by atoms with Crippen LogP contribution in [0.2, 0.25) is 0 Å². The molecule has 146 valence electrons. The summed E-state index contributed by atoms with van der Waals surface area (Å²) >= 11 is 1.67. The number of aryl methyl sites for hydroxylation is 2. The quantitative estimate of drug-likeness (QED) is 0.624. The minimum absolute atomic E-state index is 0.00398. The minimum atomic E-state index is -0.413. The first-order valence-electron chi connectivity index (χ1n) is 9.10. The van der Waals surface area contributed by atoms with Crippen LogP contribution in [0.1, 0.15) is 44.2 Å². The van der Waals surface area contributed by atoms with Crippen LogP contribution in [0.5, 0.6) is 0 Å². The normalized spacial score (nSPS) is 15.6. The Hall–Kier alpha value is -2.19. The summed E-state index contributed by atoms with van der Waals surface area (Å²) in [7, 11) is 1.35. The van der Waals surface area contributed by atoms with Crippen LogP contribution in [0, 0.1) is 20.8 Å². The van der Waals surface area contributed by atoms with Crippen LogP contribution in [0.3, 0.4) is 0 Å². The van der Waals surface area contributed by atoms with Crippen LogP contribution in [-0.4, -0.2) is 66.5 Å². The fraction of sp³-hybridized carbons (Fsp3) is 0.526. The highest BCUT2D eigenvalue weighted by atomic mass is 32.1. The van der Waals surface area contributed by atoms with E-state index in [1.165, 1.54) is 7.11 Å². The molecule has 0 atom stereocenters. The van der Waals surface area contributed by atoms with Gasteiger partial charge in [-0.2, -0.15) is 0 Å². The van der Waals surface area contributed by atoms with Gasteiger partial charge in [0.2, 0.25) is 0 Å². The standard InChI is InChI=1S/C19H26N4O3S/c1-12-11-27-19(20-12)23-7-5-6-22(8-9-23)10-15(24)17-13(2)16(14(3)21-17)18(25)26-4/h11,21H,5-10H2,1-4H3. The number of esters is 1. The monoisotopic (exact) mass is 390 g/mol. The molecule has 3 heterocycles. The Morgan fingerprint density at radius 1 is 1.22 bits per heavy atom. The lowest BCUT2D eigenvalue weighted by Crippen LogP contribution is -2.34. The van der Waals surface area contributed by atoms with Crippen molar-refractivity contribution in [1.29, 1.82) is 0 Å². The number of H-pyrrole nitrogens is 1. The number of hydrogen-bond acceptors (Lipinski definition) is 7. The van der Waals surface area contributed by atoms with Crippen molar-refractivity contribution in [2.75, 3.05) is 44.7 Å². The average molecular weight is 391 g/mol. The number of nitrogens with zero attached hydrogens (tertiary/aromatic N) is 3. The van der Waals surface area contributed by atoms with Crippen LogP contribution in [0.15, 0.2) is 5.38 Å². The number of carbonyl (C=O) groups excluding carboxylic acids is 2. The molecule has 0 saturated carbocycles. The van der Waals surface area contributed by atoms with Crippen molar-refractivity contribution < 1.29 is 14.3 Å². The van der Waals surface area contributed by atoms with E-state index in [-0.39, 0.29) is 5.78 Å². The fourth-order valence-corrected chi connectivity index (χ4v) is 4.38. The van der Waals surface area contributed by atoms with Crippen LogP contribution in [0.25, 0.3) is 0 Å². The first-order chi connectivity index (χ1) is 12.9. The zero-order valence-corrected chi connectivity index (χ0v) is 17.1. The number of aromatic nitrogens is 2. The van der Waals surface area contributed by atoms with Gasteiger partial charge in [-0.15, -0.1) is 11.3 Å². The van der Waals surface area contributed by atoms with E-state index in [1.54, 1.807) is 25.2 Å². The Bertz CT molecular complexity index is 842. The molecule has 7 nitrogen and oxygen atoms in total. The van der Waals surface area contributed by atoms with Gasteiger partial charge in [-0.1, -0.05) is 0 Å². The van der Waals surface area contributed by atoms with E-state index in [4.69, 9.17) is 4.74 Å². The average Bonchev–Trinajstić information content (AvgIpc) is 3.10. The van der Waals surface area contributed by atoms with E-state index in [9.17, 15) is 9.59 Å². The van der Waals surface area contributed by atoms with E-state index >= 15 is 0 Å². The maximum atomic E-state index is 12.8. The molecule has 1 N–H and O–H groups in total. The zero-order valence-electron chi connectivity index (χ0n) is 16.3. The number of anilines is 1. The van der Waals surface area contributed by atoms with Gasteiger partial charge >= 0.3 is 5.97 Å². The number of thiazole rings is 1. The maximum absolute atomic E-state index is 12.8. The SMILES string of the molecule is COC(=O)c1c(C)[nH]c(C(=O)CN2CCCN(c3nc(C)cs3)CC2)c1C. The summed E-state index contributed by atoms with van der Waals surface area (Å²) in [5.41, 5.74) is 3.35. The van der Waals surface area contributed by atoms with Crippen molar-refractivity contribution in [1.82, 2.24) is 14.9 Å². The molecule has 1 saturated heterocycles. The summed E-state index contributed by atoms with van der Waals surface area (Å²) in [6.45, 7) is 9.41. The summed E-state index contributed by atoms with van der Waals surface area (Å²) in [5.74, 6) is -0.409. The third-order valence-electron chi connectivity index (χ3n) is 4.94. The van der Waals surface area contributed by atoms with Gasteiger partial charge < -0.3 is 14.6 Å². The lowest BCUT2D eigenvalue weighted by molar-refractivity contribution is 0.0599. The van der Waals surface area contributed by atoms with Gasteiger partial charge in [0.1, 0.15) is 0 Å². The second-order valence-corrected chi connectivity index (χ2v) is 7.76. The summed E-state index contributed by atoms with van der Waals surface area (Å²) in [4.78, 5) is 36.9. The first kappa shape index (κ1) is 19.6. The molecule has 1 aliphatic rings. The topological polar surface area (TPSA) is 78.5 Å². The first-order valence-corrected chi connectivity index (χ1v) is 9.98. The summed E-state index contributed by atoms with van der Waals surface area (Å²) in [5, 5.41) is 3.12. The Morgan fingerprint density at radius 2 is 2.00 bits per heavy atom. The van der Waals surface area contributed by atoms with Crippen LogP contribution >= 0.6 is 11.3 Å². The molecule has 0 amide bonds. The Labute approximate surface area is 163 Å². The molecule has 8 heteroatoms. The number of nitrogens with one attached hydrogen (secondary N) is 1. The van der Waals surface area contributed by atoms with E-state index in [0.29, 0.717) is 29.1 Å². The Kier molecular flexibility index (Phi) is 5.96. The molecule has 0 unspecified atom stereocenters. The lowest BCUT2D eigenvalue weighted by Gasteiger charge is -2.20. The van der Waals surface area contributed by atoms with E-state index in [0.717, 1.165) is 43.4 Å². The number of carbonyl (C=O) groups is 2. The van der Waals surface area contributed by atoms with Gasteiger partial charge in [0.25, 0.3) is 0 Å². The largest absolute Gasteiger partial charge is 0.465 e. The molecular formula is C19H26N4O3S. The number of aromatic amines is 1. The molecule has 1 aliphatic heterocycles. The predicted molar refractivity (Wildman–Crippen MR) is 106 cm³/mol. The molecule has 0 aliphatic carbocycles. The Morgan fingerprint density at radius 3 is 2.67 bits per heavy atom. The smallest absolute Gasteiger partial charge is 0.339 e. The third kappa shape index (κ3) is 4.22. The number of Topliss-reactive ketones (excluding diaryl/α,β-unsaturated/α-hetero) is 1. The van der Waals surface area contributed by atoms with Crippen molar-refractivity contribution in [2.24, 2.45) is 0 Å². The van der Waals surface area contributed by atoms with Crippen molar-refractivity contribution in [3.8, 4) is 0 Å². The van der Waals surface area contributed by atoms with Gasteiger partial charge in [-0.25, -0.2) is 9.78 Å². The molecule has 1 fully saturated rings. The van der Waals surface area contributed by atoms with E-state index in [2.05, 4.69) is 25.1 Å². The zero-order chi connectivity index (χ0) is 19.6. The second-order valence-electron chi connectivity index (χ2n) is 6.93. The van der Waals surface area contributed by atoms with Crippen molar-refractivity contribution >= 4 is 28.2 Å². The molecule has 0 bridgehead atoms. The number of ketones is 1. The van der Waals surface area contributed by atoms with Gasteiger partial charge in [-0.05, 0) is 32.8 Å². The predicted octanol–water partition coefficient (Wildman–Crippen LogP) is 2.58. The number of hydrogen-bond donors (Lipinski definition) is 1. The number of rotatable bonds is 5. The van der Waals surface area contributed by atoms with E-state index < -0.39 is 5.97 Å². The number of ether oxygens (including phenoxy) is 1. The molecule has 0 spiro atoms. The molecule has 2 aromatic heterocycles. The maximum Gasteiger partial charge on any atom is 0.339 e. The summed E-state index contributed by atoms with van der Waals surface area (Å²) in [6, 6.07) is 0. The van der Waals surface area contributed by atoms with Crippen LogP contribution < -0.4 is 4.90 Å².